The Bertz CT molecular complexity index is 388. The fourth-order valence-electron chi connectivity index (χ4n) is 3.29. The van der Waals surface area contributed by atoms with Crippen molar-refractivity contribution in [1.29, 1.82) is 0 Å². The molecule has 0 radical (unpaired) electrons. The smallest absolute Gasteiger partial charge is 0.119 e. The average molecular weight is 275 g/mol. The molecule has 0 amide bonds. The van der Waals surface area contributed by atoms with Gasteiger partial charge in [-0.25, -0.2) is 0 Å². The lowest BCUT2D eigenvalue weighted by atomic mass is 9.82. The quantitative estimate of drug-likeness (QED) is 0.875. The summed E-state index contributed by atoms with van der Waals surface area (Å²) in [6.45, 7) is 6.73. The molecule has 2 rings (SSSR count). The number of rotatable bonds is 5. The van der Waals surface area contributed by atoms with E-state index in [9.17, 15) is 0 Å². The van der Waals surface area contributed by atoms with E-state index in [2.05, 4.69) is 45.0 Å². The van der Waals surface area contributed by atoms with Crippen molar-refractivity contribution in [3.05, 3.63) is 29.8 Å². The van der Waals surface area contributed by atoms with Crippen molar-refractivity contribution in [3.63, 3.8) is 0 Å². The van der Waals surface area contributed by atoms with Gasteiger partial charge in [0.25, 0.3) is 0 Å². The van der Waals surface area contributed by atoms with Gasteiger partial charge in [0.2, 0.25) is 0 Å². The van der Waals surface area contributed by atoms with Crippen LogP contribution in [0.25, 0.3) is 0 Å². The molecule has 0 aliphatic heterocycles. The van der Waals surface area contributed by atoms with Gasteiger partial charge in [0.1, 0.15) is 5.75 Å². The molecular weight excluding hydrogens is 246 g/mol. The minimum Gasteiger partial charge on any atom is -0.490 e. The van der Waals surface area contributed by atoms with Gasteiger partial charge in [-0.05, 0) is 68.6 Å². The lowest BCUT2D eigenvalue weighted by Crippen LogP contribution is -2.28. The van der Waals surface area contributed by atoms with Crippen molar-refractivity contribution >= 4 is 0 Å². The Balaban J connectivity index is 1.87. The van der Waals surface area contributed by atoms with Crippen LogP contribution in [0.2, 0.25) is 0 Å². The summed E-state index contributed by atoms with van der Waals surface area (Å²) in [5.41, 5.74) is 7.14. The first kappa shape index (κ1) is 15.4. The second-order valence-corrected chi connectivity index (χ2v) is 6.82. The molecule has 1 aromatic carbocycles. The van der Waals surface area contributed by atoms with E-state index < -0.39 is 0 Å². The van der Waals surface area contributed by atoms with Crippen LogP contribution < -0.4 is 10.5 Å². The fraction of sp³-hybridized carbons (Fsp3) is 0.667. The normalized spacial score (nSPS) is 28.1. The molecule has 1 aliphatic rings. The number of hydrogen-bond donors (Lipinski definition) is 1. The van der Waals surface area contributed by atoms with Crippen LogP contribution in [0.1, 0.15) is 52.0 Å². The molecule has 1 aromatic rings. The van der Waals surface area contributed by atoms with Crippen LogP contribution in [0.3, 0.4) is 0 Å². The van der Waals surface area contributed by atoms with Gasteiger partial charge in [-0.3, -0.25) is 0 Å². The zero-order valence-corrected chi connectivity index (χ0v) is 13.1. The van der Waals surface area contributed by atoms with Crippen LogP contribution in [0, 0.1) is 11.8 Å². The molecule has 0 bridgehead atoms. The molecule has 112 valence electrons. The van der Waals surface area contributed by atoms with Crippen molar-refractivity contribution < 1.29 is 4.74 Å². The minimum atomic E-state index is 0.274. The molecule has 3 atom stereocenters. The van der Waals surface area contributed by atoms with E-state index in [1.54, 1.807) is 0 Å². The van der Waals surface area contributed by atoms with Gasteiger partial charge in [-0.1, -0.05) is 26.0 Å². The Morgan fingerprint density at radius 2 is 1.70 bits per heavy atom. The lowest BCUT2D eigenvalue weighted by molar-refractivity contribution is 0.101. The van der Waals surface area contributed by atoms with Crippen LogP contribution in [0.15, 0.2) is 24.3 Å². The second-order valence-electron chi connectivity index (χ2n) is 6.82. The number of aryl methyl sites for hydroxylation is 1. The highest BCUT2D eigenvalue weighted by molar-refractivity contribution is 5.27. The Kier molecular flexibility index (Phi) is 5.47. The van der Waals surface area contributed by atoms with Gasteiger partial charge in [0, 0.05) is 6.04 Å². The van der Waals surface area contributed by atoms with Crippen LogP contribution >= 0.6 is 0 Å². The molecule has 1 aliphatic carbocycles. The summed E-state index contributed by atoms with van der Waals surface area (Å²) in [5, 5.41) is 0. The van der Waals surface area contributed by atoms with E-state index >= 15 is 0 Å². The van der Waals surface area contributed by atoms with E-state index in [1.165, 1.54) is 24.8 Å². The summed E-state index contributed by atoms with van der Waals surface area (Å²) in [6.07, 6.45) is 6.21. The third-order valence-electron chi connectivity index (χ3n) is 4.25. The van der Waals surface area contributed by atoms with Gasteiger partial charge in [-0.15, -0.1) is 0 Å². The number of benzene rings is 1. The Morgan fingerprint density at radius 3 is 2.25 bits per heavy atom. The molecule has 2 N–H and O–H groups in total. The molecule has 1 fully saturated rings. The Labute approximate surface area is 123 Å². The first-order chi connectivity index (χ1) is 9.52. The fourth-order valence-corrected chi connectivity index (χ4v) is 3.29. The van der Waals surface area contributed by atoms with E-state index in [-0.39, 0.29) is 6.04 Å². The van der Waals surface area contributed by atoms with Crippen molar-refractivity contribution in [2.24, 2.45) is 17.6 Å². The largest absolute Gasteiger partial charge is 0.490 e. The summed E-state index contributed by atoms with van der Waals surface area (Å²) in [6, 6.07) is 8.85. The molecule has 3 unspecified atom stereocenters. The highest BCUT2D eigenvalue weighted by Crippen LogP contribution is 2.31. The van der Waals surface area contributed by atoms with Gasteiger partial charge >= 0.3 is 0 Å². The monoisotopic (exact) mass is 275 g/mol. The molecule has 0 saturated heterocycles. The van der Waals surface area contributed by atoms with Crippen molar-refractivity contribution in [2.75, 3.05) is 0 Å². The van der Waals surface area contributed by atoms with Gasteiger partial charge in [0.05, 0.1) is 6.10 Å². The summed E-state index contributed by atoms with van der Waals surface area (Å²) >= 11 is 0. The zero-order valence-electron chi connectivity index (χ0n) is 13.1. The van der Waals surface area contributed by atoms with Crippen LogP contribution in [-0.2, 0) is 6.42 Å². The molecular formula is C18H29NO. The van der Waals surface area contributed by atoms with Crippen molar-refractivity contribution in [1.82, 2.24) is 0 Å². The number of hydrogen-bond acceptors (Lipinski definition) is 2. The van der Waals surface area contributed by atoms with Crippen molar-refractivity contribution in [3.8, 4) is 5.75 Å². The molecule has 2 heteroatoms. The first-order valence-corrected chi connectivity index (χ1v) is 8.04. The topological polar surface area (TPSA) is 35.2 Å². The molecule has 0 aromatic heterocycles. The lowest BCUT2D eigenvalue weighted by Gasteiger charge is -2.31. The maximum absolute atomic E-state index is 6.15. The maximum Gasteiger partial charge on any atom is 0.119 e. The molecule has 0 heterocycles. The minimum absolute atomic E-state index is 0.274. The first-order valence-electron chi connectivity index (χ1n) is 8.04. The summed E-state index contributed by atoms with van der Waals surface area (Å²) in [4.78, 5) is 0. The predicted octanol–water partition coefficient (Wildman–Crippen LogP) is 4.17. The molecule has 20 heavy (non-hydrogen) atoms. The van der Waals surface area contributed by atoms with E-state index in [0.29, 0.717) is 6.10 Å². The third-order valence-corrected chi connectivity index (χ3v) is 4.25. The van der Waals surface area contributed by atoms with E-state index in [0.717, 1.165) is 30.4 Å². The average Bonchev–Trinajstić information content (AvgIpc) is 2.36. The third kappa shape index (κ3) is 4.82. The van der Waals surface area contributed by atoms with E-state index in [1.807, 2.05) is 0 Å². The molecule has 2 nitrogen and oxygen atoms in total. The molecule has 1 saturated carbocycles. The standard InChI is InChI=1S/C18H29NO/c1-13-10-14(2)12-18(11-13)20-17-8-6-16(7-9-17)5-4-15(3)19/h6-9,13-15,18H,4-5,10-12,19H2,1-3H3. The second kappa shape index (κ2) is 7.12. The Morgan fingerprint density at radius 1 is 1.10 bits per heavy atom. The van der Waals surface area contributed by atoms with Crippen LogP contribution in [0.5, 0.6) is 5.75 Å². The van der Waals surface area contributed by atoms with Crippen molar-refractivity contribution in [2.45, 2.75) is 65.0 Å². The SMILES string of the molecule is CC(N)CCc1ccc(OC2CC(C)CC(C)C2)cc1. The zero-order chi connectivity index (χ0) is 14.5. The van der Waals surface area contributed by atoms with Crippen LogP contribution in [-0.4, -0.2) is 12.1 Å². The number of ether oxygens (including phenoxy) is 1. The predicted molar refractivity (Wildman–Crippen MR) is 85.0 cm³/mol. The van der Waals surface area contributed by atoms with Gasteiger partial charge < -0.3 is 10.5 Å². The summed E-state index contributed by atoms with van der Waals surface area (Å²) in [5.74, 6) is 2.59. The maximum atomic E-state index is 6.15. The Hall–Kier alpha value is -1.02. The highest BCUT2D eigenvalue weighted by Gasteiger charge is 2.25. The summed E-state index contributed by atoms with van der Waals surface area (Å²) < 4.78 is 6.15. The van der Waals surface area contributed by atoms with E-state index in [4.69, 9.17) is 10.5 Å². The molecule has 0 spiro atoms. The number of nitrogens with two attached hydrogens (primary N) is 1. The van der Waals surface area contributed by atoms with Crippen LogP contribution in [0.4, 0.5) is 0 Å². The van der Waals surface area contributed by atoms with Gasteiger partial charge in [-0.2, -0.15) is 0 Å². The highest BCUT2D eigenvalue weighted by atomic mass is 16.5. The summed E-state index contributed by atoms with van der Waals surface area (Å²) in [7, 11) is 0. The van der Waals surface area contributed by atoms with Gasteiger partial charge in [0.15, 0.2) is 0 Å².